The van der Waals surface area contributed by atoms with E-state index >= 15 is 0 Å². The van der Waals surface area contributed by atoms with E-state index in [-0.39, 0.29) is 23.7 Å². The van der Waals surface area contributed by atoms with Crippen LogP contribution in [-0.2, 0) is 9.53 Å². The van der Waals surface area contributed by atoms with Gasteiger partial charge in [-0.05, 0) is 25.8 Å². The monoisotopic (exact) mass is 391 g/mol. The summed E-state index contributed by atoms with van der Waals surface area (Å²) in [6.07, 6.45) is 3.55. The van der Waals surface area contributed by atoms with Gasteiger partial charge in [0.05, 0.1) is 19.7 Å². The lowest BCUT2D eigenvalue weighted by Gasteiger charge is -2.34. The Labute approximate surface area is 170 Å². The van der Waals surface area contributed by atoms with Crippen LogP contribution in [0.2, 0.25) is 0 Å². The van der Waals surface area contributed by atoms with Crippen molar-refractivity contribution in [2.24, 2.45) is 5.92 Å². The molecule has 4 rings (SSSR count). The first kappa shape index (κ1) is 19.4. The molecule has 1 aliphatic rings. The number of nitrogens with one attached hydrogen (secondary N) is 2. The molecule has 0 radical (unpaired) electrons. The van der Waals surface area contributed by atoms with Gasteiger partial charge in [0, 0.05) is 28.2 Å². The molecule has 150 valence electrons. The number of esters is 1. The third kappa shape index (κ3) is 3.96. The Kier molecular flexibility index (Phi) is 5.76. The van der Waals surface area contributed by atoms with E-state index in [9.17, 15) is 9.59 Å². The van der Waals surface area contributed by atoms with E-state index in [1.165, 1.54) is 0 Å². The van der Waals surface area contributed by atoms with Gasteiger partial charge in [-0.3, -0.25) is 9.59 Å². The molecule has 5 heteroatoms. The fourth-order valence-corrected chi connectivity index (χ4v) is 4.47. The topological polar surface area (TPSA) is 63.6 Å². The summed E-state index contributed by atoms with van der Waals surface area (Å²) in [6, 6.07) is 17.5. The normalized spacial score (nSPS) is 20.3. The number of Topliss-reactive ketones (excluding diaryl/α,β-unsaturated/α-hetero) is 1. The second-order valence-corrected chi connectivity index (χ2v) is 7.66. The van der Waals surface area contributed by atoms with Crippen molar-refractivity contribution in [2.75, 3.05) is 19.7 Å². The molecule has 2 heterocycles. The molecular formula is C24H27N2O3+. The quantitative estimate of drug-likeness (QED) is 0.502. The van der Waals surface area contributed by atoms with E-state index in [0.717, 1.165) is 40.8 Å². The first-order valence-corrected chi connectivity index (χ1v) is 10.4. The lowest BCUT2D eigenvalue weighted by Crippen LogP contribution is -3.14. The average molecular weight is 391 g/mol. The van der Waals surface area contributed by atoms with Gasteiger partial charge in [0.2, 0.25) is 5.78 Å². The van der Waals surface area contributed by atoms with Crippen molar-refractivity contribution in [3.8, 4) is 0 Å². The summed E-state index contributed by atoms with van der Waals surface area (Å²) in [6.45, 7) is 3.70. The van der Waals surface area contributed by atoms with Crippen LogP contribution in [0, 0.1) is 5.92 Å². The third-order valence-electron chi connectivity index (χ3n) is 5.84. The first-order chi connectivity index (χ1) is 14.2. The number of carbonyl (C=O) groups excluding carboxylic acids is 2. The molecule has 0 amide bonds. The minimum atomic E-state index is -0.340. The number of aromatic amines is 1. The molecule has 2 N–H and O–H groups in total. The van der Waals surface area contributed by atoms with Crippen LogP contribution >= 0.6 is 0 Å². The van der Waals surface area contributed by atoms with Crippen LogP contribution in [0.5, 0.6) is 0 Å². The number of aromatic nitrogens is 1. The smallest absolute Gasteiger partial charge is 0.314 e. The standard InChI is InChI=1S/C24H26N2O3/c1-2-29-24(28)18-11-8-14-26(16-18)22(17-9-4-3-5-10-17)23(27)20-15-25-21-13-7-6-12-19(20)21/h3-7,9-10,12-13,15,18,22,25H,2,8,11,14,16H2,1H3/p+1/t18-,22+/m1/s1. The van der Waals surface area contributed by atoms with E-state index < -0.39 is 0 Å². The van der Waals surface area contributed by atoms with Gasteiger partial charge in [0.25, 0.3) is 0 Å². The lowest BCUT2D eigenvalue weighted by atomic mass is 9.91. The van der Waals surface area contributed by atoms with Crippen molar-refractivity contribution in [3.63, 3.8) is 0 Å². The number of ether oxygens (including phenoxy) is 1. The Bertz CT molecular complexity index is 996. The lowest BCUT2D eigenvalue weighted by molar-refractivity contribution is -0.928. The summed E-state index contributed by atoms with van der Waals surface area (Å²) >= 11 is 0. The van der Waals surface area contributed by atoms with Gasteiger partial charge in [-0.15, -0.1) is 0 Å². The zero-order valence-corrected chi connectivity index (χ0v) is 16.7. The third-order valence-corrected chi connectivity index (χ3v) is 5.84. The number of quaternary nitrogens is 1. The maximum atomic E-state index is 13.8. The largest absolute Gasteiger partial charge is 0.466 e. The van der Waals surface area contributed by atoms with Crippen molar-refractivity contribution in [3.05, 3.63) is 71.9 Å². The number of carbonyl (C=O) groups is 2. The molecule has 1 fully saturated rings. The van der Waals surface area contributed by atoms with Crippen LogP contribution in [0.25, 0.3) is 10.9 Å². The molecule has 0 bridgehead atoms. The van der Waals surface area contributed by atoms with Gasteiger partial charge in [-0.1, -0.05) is 48.5 Å². The SMILES string of the molecule is CCOC(=O)[C@@H]1CCC[NH+]([C@H](C(=O)c2c[nH]c3ccccc23)c2ccccc2)C1. The zero-order valence-electron chi connectivity index (χ0n) is 16.7. The van der Waals surface area contributed by atoms with E-state index in [1.54, 1.807) is 0 Å². The number of hydrogen-bond donors (Lipinski definition) is 2. The van der Waals surface area contributed by atoms with Gasteiger partial charge in [0.15, 0.2) is 6.04 Å². The number of para-hydroxylation sites is 1. The predicted octanol–water partition coefficient (Wildman–Crippen LogP) is 2.95. The number of fused-ring (bicyclic) bond motifs is 1. The van der Waals surface area contributed by atoms with Crippen molar-refractivity contribution >= 4 is 22.7 Å². The molecule has 1 aromatic heterocycles. The first-order valence-electron chi connectivity index (χ1n) is 10.4. The van der Waals surface area contributed by atoms with Gasteiger partial charge in [-0.25, -0.2) is 0 Å². The molecule has 0 spiro atoms. The van der Waals surface area contributed by atoms with Crippen LogP contribution in [0.15, 0.2) is 60.8 Å². The van der Waals surface area contributed by atoms with E-state index in [0.29, 0.717) is 18.7 Å². The molecule has 1 unspecified atom stereocenters. The Balaban J connectivity index is 1.69. The highest BCUT2D eigenvalue weighted by Crippen LogP contribution is 2.24. The fourth-order valence-electron chi connectivity index (χ4n) is 4.47. The van der Waals surface area contributed by atoms with Crippen molar-refractivity contribution in [1.82, 2.24) is 4.98 Å². The van der Waals surface area contributed by atoms with Crippen molar-refractivity contribution < 1.29 is 19.2 Å². The van der Waals surface area contributed by atoms with Crippen LogP contribution in [0.4, 0.5) is 0 Å². The Morgan fingerprint density at radius 3 is 2.69 bits per heavy atom. The maximum absolute atomic E-state index is 13.8. The number of likely N-dealkylation sites (tertiary alicyclic amines) is 1. The highest BCUT2D eigenvalue weighted by Gasteiger charge is 2.39. The van der Waals surface area contributed by atoms with Crippen LogP contribution in [0.1, 0.15) is 41.7 Å². The number of benzene rings is 2. The van der Waals surface area contributed by atoms with Gasteiger partial charge >= 0.3 is 5.97 Å². The van der Waals surface area contributed by atoms with E-state index in [4.69, 9.17) is 4.74 Å². The minimum absolute atomic E-state index is 0.0909. The Morgan fingerprint density at radius 1 is 1.14 bits per heavy atom. The molecular weight excluding hydrogens is 364 g/mol. The Hall–Kier alpha value is -2.92. The number of rotatable bonds is 6. The zero-order chi connectivity index (χ0) is 20.2. The summed E-state index contributed by atoms with van der Waals surface area (Å²) in [5, 5.41) is 0.941. The molecule has 2 aromatic carbocycles. The van der Waals surface area contributed by atoms with E-state index in [2.05, 4.69) is 4.98 Å². The molecule has 5 nitrogen and oxygen atoms in total. The number of H-pyrrole nitrogens is 1. The second kappa shape index (κ2) is 8.62. The number of hydrogen-bond acceptors (Lipinski definition) is 3. The maximum Gasteiger partial charge on any atom is 0.314 e. The molecule has 1 saturated heterocycles. The fraction of sp³-hybridized carbons (Fsp3) is 0.333. The molecule has 1 aliphatic heterocycles. The molecule has 0 saturated carbocycles. The summed E-state index contributed by atoms with van der Waals surface area (Å²) in [5.41, 5.74) is 2.66. The van der Waals surface area contributed by atoms with Crippen LogP contribution in [-0.4, -0.2) is 36.4 Å². The summed E-state index contributed by atoms with van der Waals surface area (Å²) < 4.78 is 5.26. The van der Waals surface area contributed by atoms with E-state index in [1.807, 2.05) is 67.7 Å². The van der Waals surface area contributed by atoms with Crippen molar-refractivity contribution in [1.29, 1.82) is 0 Å². The van der Waals surface area contributed by atoms with Crippen LogP contribution in [0.3, 0.4) is 0 Å². The minimum Gasteiger partial charge on any atom is -0.466 e. The highest BCUT2D eigenvalue weighted by molar-refractivity contribution is 6.10. The molecule has 29 heavy (non-hydrogen) atoms. The number of piperidine rings is 1. The summed E-state index contributed by atoms with van der Waals surface area (Å²) in [4.78, 5) is 30.5. The highest BCUT2D eigenvalue weighted by atomic mass is 16.5. The molecule has 3 atom stereocenters. The summed E-state index contributed by atoms with van der Waals surface area (Å²) in [7, 11) is 0. The van der Waals surface area contributed by atoms with Crippen LogP contribution < -0.4 is 4.90 Å². The van der Waals surface area contributed by atoms with Crippen molar-refractivity contribution in [2.45, 2.75) is 25.8 Å². The summed E-state index contributed by atoms with van der Waals surface area (Å²) in [5.74, 6) is -0.204. The average Bonchev–Trinajstić information content (AvgIpc) is 3.19. The molecule has 0 aliphatic carbocycles. The predicted molar refractivity (Wildman–Crippen MR) is 112 cm³/mol. The number of ketones is 1. The Morgan fingerprint density at radius 2 is 1.90 bits per heavy atom. The molecule has 3 aromatic rings. The van der Waals surface area contributed by atoms with Gasteiger partial charge in [0.1, 0.15) is 5.92 Å². The second-order valence-electron chi connectivity index (χ2n) is 7.66. The van der Waals surface area contributed by atoms with Gasteiger partial charge in [-0.2, -0.15) is 0 Å². The van der Waals surface area contributed by atoms with Gasteiger partial charge < -0.3 is 14.6 Å².